The van der Waals surface area contributed by atoms with Gasteiger partial charge < -0.3 is 10.1 Å². The van der Waals surface area contributed by atoms with Crippen molar-refractivity contribution in [2.75, 3.05) is 44.7 Å². The number of hydrogen-bond donors (Lipinski definition) is 1. The molecule has 1 aromatic heterocycles. The molecule has 0 bridgehead atoms. The summed E-state index contributed by atoms with van der Waals surface area (Å²) < 4.78 is 6.82. The topological polar surface area (TPSA) is 85.5 Å². The lowest BCUT2D eigenvalue weighted by atomic mass is 10.3. The molecule has 0 atom stereocenters. The van der Waals surface area contributed by atoms with E-state index in [4.69, 9.17) is 4.74 Å². The van der Waals surface area contributed by atoms with Crippen LogP contribution in [0.25, 0.3) is 0 Å². The van der Waals surface area contributed by atoms with E-state index in [-0.39, 0.29) is 10.6 Å². The molecule has 1 aliphatic rings. The lowest BCUT2D eigenvalue weighted by Gasteiger charge is -2.26. The monoisotopic (exact) mass is 283 g/mol. The van der Waals surface area contributed by atoms with Gasteiger partial charge >= 0.3 is 5.69 Å². The van der Waals surface area contributed by atoms with Gasteiger partial charge in [0, 0.05) is 26.7 Å². The highest BCUT2D eigenvalue weighted by Gasteiger charge is 2.23. The van der Waals surface area contributed by atoms with Gasteiger partial charge in [-0.15, -0.1) is 0 Å². The Morgan fingerprint density at radius 3 is 2.80 bits per heavy atom. The van der Waals surface area contributed by atoms with E-state index in [1.807, 2.05) is 0 Å². The lowest BCUT2D eigenvalue weighted by Crippen LogP contribution is -2.37. The van der Waals surface area contributed by atoms with Crippen molar-refractivity contribution in [1.29, 1.82) is 0 Å². The predicted octanol–water partition coefficient (Wildman–Crippen LogP) is 0.771. The molecule has 0 aliphatic carbocycles. The molecule has 1 fully saturated rings. The van der Waals surface area contributed by atoms with Gasteiger partial charge in [-0.25, -0.2) is 4.68 Å². The average Bonchev–Trinajstić information content (AvgIpc) is 2.70. The summed E-state index contributed by atoms with van der Waals surface area (Å²) >= 11 is 0. The third-order valence-corrected chi connectivity index (χ3v) is 3.42. The SMILES string of the molecule is Cc1nn(C)c(NCCCN2CCOCC2)c1[N+](=O)[O-]. The number of aromatic nitrogens is 2. The molecule has 1 saturated heterocycles. The summed E-state index contributed by atoms with van der Waals surface area (Å²) in [6.07, 6.45) is 0.932. The second-order valence-electron chi connectivity index (χ2n) is 4.90. The van der Waals surface area contributed by atoms with E-state index >= 15 is 0 Å². The maximum Gasteiger partial charge on any atom is 0.333 e. The van der Waals surface area contributed by atoms with Crippen LogP contribution in [0.4, 0.5) is 11.5 Å². The van der Waals surface area contributed by atoms with Crippen molar-refractivity contribution < 1.29 is 9.66 Å². The zero-order chi connectivity index (χ0) is 14.5. The Morgan fingerprint density at radius 1 is 1.45 bits per heavy atom. The molecular weight excluding hydrogens is 262 g/mol. The van der Waals surface area contributed by atoms with Crippen LogP contribution in [0.15, 0.2) is 0 Å². The predicted molar refractivity (Wildman–Crippen MR) is 75.0 cm³/mol. The molecule has 0 aromatic carbocycles. The Morgan fingerprint density at radius 2 is 2.15 bits per heavy atom. The second-order valence-corrected chi connectivity index (χ2v) is 4.90. The van der Waals surface area contributed by atoms with Crippen molar-refractivity contribution in [3.8, 4) is 0 Å². The summed E-state index contributed by atoms with van der Waals surface area (Å²) in [5.41, 5.74) is 0.507. The fourth-order valence-electron chi connectivity index (χ4n) is 2.40. The Labute approximate surface area is 117 Å². The number of anilines is 1. The fraction of sp³-hybridized carbons (Fsp3) is 0.750. The van der Waals surface area contributed by atoms with Crippen LogP contribution in [0.1, 0.15) is 12.1 Å². The minimum Gasteiger partial charge on any atom is -0.379 e. The largest absolute Gasteiger partial charge is 0.379 e. The van der Waals surface area contributed by atoms with E-state index in [0.29, 0.717) is 18.1 Å². The maximum atomic E-state index is 11.0. The number of nitrogens with zero attached hydrogens (tertiary/aromatic N) is 4. The first-order valence-electron chi connectivity index (χ1n) is 6.81. The molecule has 1 aromatic rings. The molecule has 2 rings (SSSR count). The first-order valence-corrected chi connectivity index (χ1v) is 6.81. The highest BCUT2D eigenvalue weighted by atomic mass is 16.6. The van der Waals surface area contributed by atoms with Crippen molar-refractivity contribution in [1.82, 2.24) is 14.7 Å². The molecule has 0 amide bonds. The summed E-state index contributed by atoms with van der Waals surface area (Å²) in [6.45, 7) is 6.82. The molecule has 1 aliphatic heterocycles. The van der Waals surface area contributed by atoms with Crippen LogP contribution in [0.2, 0.25) is 0 Å². The number of rotatable bonds is 6. The lowest BCUT2D eigenvalue weighted by molar-refractivity contribution is -0.384. The first-order chi connectivity index (χ1) is 9.59. The fourth-order valence-corrected chi connectivity index (χ4v) is 2.40. The average molecular weight is 283 g/mol. The molecule has 8 nitrogen and oxygen atoms in total. The van der Waals surface area contributed by atoms with E-state index in [1.165, 1.54) is 4.68 Å². The van der Waals surface area contributed by atoms with E-state index in [0.717, 1.165) is 39.3 Å². The number of nitrogens with one attached hydrogen (secondary N) is 1. The zero-order valence-corrected chi connectivity index (χ0v) is 12.0. The number of ether oxygens (including phenoxy) is 1. The number of nitro groups is 1. The molecule has 0 saturated carbocycles. The van der Waals surface area contributed by atoms with E-state index in [2.05, 4.69) is 15.3 Å². The van der Waals surface area contributed by atoms with Crippen LogP contribution in [0, 0.1) is 17.0 Å². The number of hydrogen-bond acceptors (Lipinski definition) is 6. The van der Waals surface area contributed by atoms with Gasteiger partial charge in [-0.05, 0) is 19.9 Å². The number of aryl methyl sites for hydroxylation is 2. The Balaban J connectivity index is 1.83. The van der Waals surface area contributed by atoms with Gasteiger partial charge in [0.15, 0.2) is 0 Å². The minimum atomic E-state index is -0.382. The van der Waals surface area contributed by atoms with E-state index in [1.54, 1.807) is 14.0 Å². The smallest absolute Gasteiger partial charge is 0.333 e. The van der Waals surface area contributed by atoms with Crippen LogP contribution in [0.3, 0.4) is 0 Å². The molecule has 112 valence electrons. The maximum absolute atomic E-state index is 11.0. The molecule has 0 spiro atoms. The van der Waals surface area contributed by atoms with Gasteiger partial charge in [0.25, 0.3) is 0 Å². The van der Waals surface area contributed by atoms with Crippen LogP contribution in [-0.2, 0) is 11.8 Å². The summed E-state index contributed by atoms with van der Waals surface area (Å²) in [7, 11) is 1.71. The Kier molecular flexibility index (Phi) is 4.91. The molecule has 8 heteroatoms. The van der Waals surface area contributed by atoms with Gasteiger partial charge in [-0.3, -0.25) is 15.0 Å². The van der Waals surface area contributed by atoms with Gasteiger partial charge in [0.05, 0.1) is 18.1 Å². The molecule has 20 heavy (non-hydrogen) atoms. The van der Waals surface area contributed by atoms with Gasteiger partial charge in [0.2, 0.25) is 5.82 Å². The van der Waals surface area contributed by atoms with Gasteiger partial charge in [0.1, 0.15) is 5.69 Å². The van der Waals surface area contributed by atoms with Gasteiger partial charge in [-0.1, -0.05) is 0 Å². The Bertz CT molecular complexity index is 468. The highest BCUT2D eigenvalue weighted by Crippen LogP contribution is 2.26. The van der Waals surface area contributed by atoms with Gasteiger partial charge in [-0.2, -0.15) is 5.10 Å². The second kappa shape index (κ2) is 6.67. The molecule has 0 unspecified atom stereocenters. The quantitative estimate of drug-likeness (QED) is 0.471. The number of morpholine rings is 1. The molecule has 2 heterocycles. The third-order valence-electron chi connectivity index (χ3n) is 3.42. The minimum absolute atomic E-state index is 0.0684. The molecule has 0 radical (unpaired) electrons. The van der Waals surface area contributed by atoms with Crippen molar-refractivity contribution in [3.05, 3.63) is 15.8 Å². The van der Waals surface area contributed by atoms with Crippen molar-refractivity contribution in [2.45, 2.75) is 13.3 Å². The van der Waals surface area contributed by atoms with Crippen LogP contribution < -0.4 is 5.32 Å². The van der Waals surface area contributed by atoms with Crippen molar-refractivity contribution in [3.63, 3.8) is 0 Å². The van der Waals surface area contributed by atoms with Crippen molar-refractivity contribution >= 4 is 11.5 Å². The molecular formula is C12H21N5O3. The Hall–Kier alpha value is -1.67. The summed E-state index contributed by atoms with van der Waals surface area (Å²) in [5.74, 6) is 0.481. The first kappa shape index (κ1) is 14.7. The standard InChI is InChI=1S/C12H21N5O3/c1-10-11(17(18)19)12(15(2)14-10)13-4-3-5-16-6-8-20-9-7-16/h13H,3-9H2,1-2H3. The van der Waals surface area contributed by atoms with E-state index < -0.39 is 0 Å². The van der Waals surface area contributed by atoms with Crippen LogP contribution in [-0.4, -0.2) is 59.0 Å². The third kappa shape index (κ3) is 3.45. The summed E-state index contributed by atoms with van der Waals surface area (Å²) in [5, 5.41) is 18.2. The summed E-state index contributed by atoms with van der Waals surface area (Å²) in [6, 6.07) is 0. The normalized spacial score (nSPS) is 16.3. The molecule has 1 N–H and O–H groups in total. The van der Waals surface area contributed by atoms with Crippen LogP contribution in [0.5, 0.6) is 0 Å². The zero-order valence-electron chi connectivity index (χ0n) is 12.0. The van der Waals surface area contributed by atoms with E-state index in [9.17, 15) is 10.1 Å². The van der Waals surface area contributed by atoms with Crippen LogP contribution >= 0.6 is 0 Å². The van der Waals surface area contributed by atoms with Crippen molar-refractivity contribution in [2.24, 2.45) is 7.05 Å². The highest BCUT2D eigenvalue weighted by molar-refractivity contribution is 5.59. The summed E-state index contributed by atoms with van der Waals surface area (Å²) in [4.78, 5) is 13.0.